The Morgan fingerprint density at radius 3 is 1.75 bits per heavy atom. The minimum absolute atomic E-state index is 1.06. The van der Waals surface area contributed by atoms with Crippen LogP contribution in [0.5, 0.6) is 0 Å². The van der Waals surface area contributed by atoms with E-state index < -0.39 is 0 Å². The average molecular weight is 169 g/mol. The van der Waals surface area contributed by atoms with Gasteiger partial charge in [0.05, 0.1) is 0 Å². The molecule has 0 aliphatic heterocycles. The van der Waals surface area contributed by atoms with Crippen LogP contribution in [0.4, 0.5) is 0 Å². The molecule has 0 amide bonds. The molecule has 0 heterocycles. The van der Waals surface area contributed by atoms with Crippen LogP contribution in [0, 0.1) is 0 Å². The first-order chi connectivity index (χ1) is 5.77. The highest BCUT2D eigenvalue weighted by Crippen LogP contribution is 1.77. The fraction of sp³-hybridized carbons (Fsp3) is 0.545. The first-order valence-electron chi connectivity index (χ1n) is 4.56. The Kier molecular flexibility index (Phi) is 32.4. The summed E-state index contributed by atoms with van der Waals surface area (Å²) in [6, 6.07) is 0. The van der Waals surface area contributed by atoms with E-state index in [0.717, 1.165) is 5.71 Å². The van der Waals surface area contributed by atoms with Gasteiger partial charge in [0.25, 0.3) is 0 Å². The zero-order valence-electron chi connectivity index (χ0n) is 9.39. The average Bonchev–Trinajstić information content (AvgIpc) is 2.12. The maximum atomic E-state index is 3.98. The van der Waals surface area contributed by atoms with Gasteiger partial charge >= 0.3 is 0 Å². The molecule has 12 heavy (non-hydrogen) atoms. The Hall–Kier alpha value is -0.850. The maximum absolute atomic E-state index is 3.98. The van der Waals surface area contributed by atoms with Crippen LogP contribution in [-0.4, -0.2) is 5.71 Å². The van der Waals surface area contributed by atoms with E-state index in [0.29, 0.717) is 0 Å². The van der Waals surface area contributed by atoms with Crippen molar-refractivity contribution in [3.05, 3.63) is 24.9 Å². The van der Waals surface area contributed by atoms with Gasteiger partial charge in [0.2, 0.25) is 0 Å². The highest BCUT2D eigenvalue weighted by Gasteiger charge is 1.67. The fourth-order valence-corrected chi connectivity index (χ4v) is 0.253. The second-order valence-corrected chi connectivity index (χ2v) is 1.65. The molecule has 0 saturated carbocycles. The third kappa shape index (κ3) is 35.3. The van der Waals surface area contributed by atoms with Gasteiger partial charge in [-0.15, -0.1) is 0 Å². The van der Waals surface area contributed by atoms with E-state index in [-0.39, 0.29) is 0 Å². The summed E-state index contributed by atoms with van der Waals surface area (Å²) >= 11 is 0. The van der Waals surface area contributed by atoms with Gasteiger partial charge in [-0.3, -0.25) is 4.99 Å². The van der Waals surface area contributed by atoms with Crippen molar-refractivity contribution in [2.75, 3.05) is 0 Å². The van der Waals surface area contributed by atoms with Crippen molar-refractivity contribution in [3.8, 4) is 0 Å². The molecule has 0 aromatic carbocycles. The number of allylic oxidation sites excluding steroid dienone is 2. The van der Waals surface area contributed by atoms with Crippen LogP contribution < -0.4 is 0 Å². The van der Waals surface area contributed by atoms with Crippen molar-refractivity contribution in [3.63, 3.8) is 0 Å². The molecule has 0 spiro atoms. The summed E-state index contributed by atoms with van der Waals surface area (Å²) in [5.74, 6) is 0. The molecule has 72 valence electrons. The van der Waals surface area contributed by atoms with Crippen LogP contribution in [0.15, 0.2) is 29.9 Å². The number of hydrogen-bond acceptors (Lipinski definition) is 1. The Labute approximate surface area is 77.9 Å². The normalized spacial score (nSPS) is 7.17. The lowest BCUT2D eigenvalue weighted by molar-refractivity contribution is 1.50. The Morgan fingerprint density at radius 2 is 1.50 bits per heavy atom. The van der Waals surface area contributed by atoms with E-state index in [2.05, 4.69) is 11.6 Å². The quantitative estimate of drug-likeness (QED) is 0.433. The maximum Gasteiger partial charge on any atom is 0.0266 e. The summed E-state index contributed by atoms with van der Waals surface area (Å²) in [7, 11) is 0. The van der Waals surface area contributed by atoms with E-state index in [9.17, 15) is 0 Å². The van der Waals surface area contributed by atoms with Gasteiger partial charge in [0, 0.05) is 11.9 Å². The van der Waals surface area contributed by atoms with Crippen LogP contribution in [0.3, 0.4) is 0 Å². The Morgan fingerprint density at radius 1 is 1.08 bits per heavy atom. The van der Waals surface area contributed by atoms with Crippen LogP contribution in [0.25, 0.3) is 0 Å². The molecule has 0 fully saturated rings. The molecule has 1 heteroatoms. The van der Waals surface area contributed by atoms with Crippen LogP contribution in [-0.2, 0) is 0 Å². The summed E-state index contributed by atoms with van der Waals surface area (Å²) in [5, 5.41) is 0. The summed E-state index contributed by atoms with van der Waals surface area (Å²) in [6.07, 6.45) is 5.22. The van der Waals surface area contributed by atoms with Crippen molar-refractivity contribution in [2.45, 2.75) is 41.5 Å². The molecule has 1 nitrogen and oxygen atoms in total. The smallest absolute Gasteiger partial charge is 0.0266 e. The molecule has 0 atom stereocenters. The predicted octanol–water partition coefficient (Wildman–Crippen LogP) is 4.22. The van der Waals surface area contributed by atoms with Gasteiger partial charge in [-0.2, -0.15) is 0 Å². The molecule has 0 aromatic rings. The van der Waals surface area contributed by atoms with E-state index >= 15 is 0 Å². The minimum Gasteiger partial charge on any atom is -0.266 e. The summed E-state index contributed by atoms with van der Waals surface area (Å²) < 4.78 is 0. The van der Waals surface area contributed by atoms with Crippen molar-refractivity contribution in [1.82, 2.24) is 0 Å². The van der Waals surface area contributed by atoms with E-state index in [1.54, 1.807) is 18.4 Å². The molecule has 0 aliphatic carbocycles. The molecule has 0 bridgehead atoms. The molecule has 0 aliphatic rings. The van der Waals surface area contributed by atoms with Crippen LogP contribution >= 0.6 is 0 Å². The topological polar surface area (TPSA) is 12.4 Å². The van der Waals surface area contributed by atoms with Gasteiger partial charge in [0.1, 0.15) is 0 Å². The van der Waals surface area contributed by atoms with Gasteiger partial charge < -0.3 is 0 Å². The molecule has 0 aromatic heterocycles. The molecule has 0 rings (SSSR count). The Balaban J connectivity index is -0.000000175. The lowest BCUT2D eigenvalue weighted by atomic mass is 10.5. The van der Waals surface area contributed by atoms with Crippen molar-refractivity contribution in [2.24, 2.45) is 4.99 Å². The SMILES string of the molecule is C=C/C=C\N=C(C)C.CC.CC. The summed E-state index contributed by atoms with van der Waals surface area (Å²) in [5.41, 5.74) is 1.06. The van der Waals surface area contributed by atoms with Gasteiger partial charge in [-0.1, -0.05) is 40.3 Å². The molecule has 0 N–H and O–H groups in total. The van der Waals surface area contributed by atoms with Crippen molar-refractivity contribution in [1.29, 1.82) is 0 Å². The molecular weight excluding hydrogens is 146 g/mol. The number of aliphatic imine (C=N–C) groups is 1. The largest absolute Gasteiger partial charge is 0.266 e. The van der Waals surface area contributed by atoms with E-state index in [4.69, 9.17) is 0 Å². The van der Waals surface area contributed by atoms with Crippen LogP contribution in [0.1, 0.15) is 41.5 Å². The highest BCUT2D eigenvalue weighted by atomic mass is 14.7. The zero-order chi connectivity index (χ0) is 10.4. The van der Waals surface area contributed by atoms with E-state index in [1.807, 2.05) is 41.5 Å². The molecule has 0 radical (unpaired) electrons. The third-order valence-corrected chi connectivity index (χ3v) is 0.555. The highest BCUT2D eigenvalue weighted by molar-refractivity contribution is 5.79. The zero-order valence-corrected chi connectivity index (χ0v) is 9.39. The second-order valence-electron chi connectivity index (χ2n) is 1.65. The van der Waals surface area contributed by atoms with Gasteiger partial charge in [-0.05, 0) is 19.9 Å². The van der Waals surface area contributed by atoms with Crippen molar-refractivity contribution < 1.29 is 0 Å². The van der Waals surface area contributed by atoms with Gasteiger partial charge in [-0.25, -0.2) is 0 Å². The monoisotopic (exact) mass is 169 g/mol. The minimum atomic E-state index is 1.06. The number of nitrogens with zero attached hydrogens (tertiary/aromatic N) is 1. The standard InChI is InChI=1S/C7H11N.2C2H6/c1-4-5-6-8-7(2)3;2*1-2/h4-6H,1H2,2-3H3;2*1-2H3/b6-5-;;. The summed E-state index contributed by atoms with van der Waals surface area (Å²) in [6.45, 7) is 15.4. The Bertz CT molecular complexity index is 117. The predicted molar refractivity (Wildman–Crippen MR) is 60.8 cm³/mol. The van der Waals surface area contributed by atoms with E-state index in [1.165, 1.54) is 0 Å². The first kappa shape index (κ1) is 17.3. The third-order valence-electron chi connectivity index (χ3n) is 0.555. The van der Waals surface area contributed by atoms with Crippen LogP contribution in [0.2, 0.25) is 0 Å². The number of rotatable bonds is 2. The number of hydrogen-bond donors (Lipinski definition) is 0. The van der Waals surface area contributed by atoms with Crippen molar-refractivity contribution >= 4 is 5.71 Å². The molecule has 0 unspecified atom stereocenters. The second kappa shape index (κ2) is 22.5. The lowest BCUT2D eigenvalue weighted by Crippen LogP contribution is -1.74. The molecular formula is C11H23N. The lowest BCUT2D eigenvalue weighted by Gasteiger charge is -1.78. The fourth-order valence-electron chi connectivity index (χ4n) is 0.253. The van der Waals surface area contributed by atoms with Gasteiger partial charge in [0.15, 0.2) is 0 Å². The molecule has 0 saturated heterocycles. The first-order valence-corrected chi connectivity index (χ1v) is 4.56. The summed E-state index contributed by atoms with van der Waals surface area (Å²) in [4.78, 5) is 3.98.